The van der Waals surface area contributed by atoms with Crippen molar-refractivity contribution in [2.24, 2.45) is 0 Å². The van der Waals surface area contributed by atoms with Gasteiger partial charge in [-0.05, 0) is 40.7 Å². The first kappa shape index (κ1) is 15.3. The normalized spacial score (nSPS) is 31.3. The van der Waals surface area contributed by atoms with Crippen LogP contribution in [0.3, 0.4) is 0 Å². The summed E-state index contributed by atoms with van der Waals surface area (Å²) >= 11 is 1.93. The van der Waals surface area contributed by atoms with Crippen molar-refractivity contribution in [3.05, 3.63) is 9.15 Å². The summed E-state index contributed by atoms with van der Waals surface area (Å²) in [6.45, 7) is 10.7. The molecule has 1 aliphatic carbocycles. The average molecular weight is 394 g/mol. The van der Waals surface area contributed by atoms with Gasteiger partial charge in [0.1, 0.15) is 18.5 Å². The highest BCUT2D eigenvalue weighted by molar-refractivity contribution is 14.1. The second kappa shape index (κ2) is 4.75. The molecule has 1 fully saturated rings. The number of ketones is 1. The van der Waals surface area contributed by atoms with Gasteiger partial charge < -0.3 is 9.16 Å². The van der Waals surface area contributed by atoms with Crippen LogP contribution in [0.5, 0.6) is 0 Å². The van der Waals surface area contributed by atoms with Crippen molar-refractivity contribution in [3.63, 3.8) is 0 Å². The zero-order chi connectivity index (χ0) is 14.6. The molecule has 0 radical (unpaired) electrons. The fraction of sp³-hybridized carbons (Fsp3) is 0.692. The van der Waals surface area contributed by atoms with E-state index in [1.165, 1.54) is 0 Å². The van der Waals surface area contributed by atoms with Gasteiger partial charge in [0, 0.05) is 5.57 Å². The number of Topliss-reactive ketones (excluding diaryl/α,β-unsaturated/α-hetero) is 1. The fourth-order valence-electron chi connectivity index (χ4n) is 1.88. The highest BCUT2D eigenvalue weighted by Gasteiger charge is 2.58. The Bertz CT molecular complexity index is 464. The van der Waals surface area contributed by atoms with Crippen LogP contribution in [0.2, 0.25) is 18.1 Å². The molecule has 1 saturated heterocycles. The number of carbonyl (C=O) groups is 2. The summed E-state index contributed by atoms with van der Waals surface area (Å²) in [5, 5.41) is 0.0538. The molecule has 4 nitrogen and oxygen atoms in total. The van der Waals surface area contributed by atoms with Crippen molar-refractivity contribution in [3.8, 4) is 0 Å². The molecule has 0 aromatic rings. The number of carbonyl (C=O) groups excluding carboxylic acids is 2. The molecular formula is C13H19IO4Si. The van der Waals surface area contributed by atoms with Gasteiger partial charge in [0.15, 0.2) is 14.4 Å². The van der Waals surface area contributed by atoms with E-state index < -0.39 is 14.4 Å². The molecule has 2 rings (SSSR count). The van der Waals surface area contributed by atoms with Crippen LogP contribution >= 0.6 is 22.6 Å². The number of epoxide rings is 1. The van der Waals surface area contributed by atoms with Gasteiger partial charge in [-0.25, -0.2) is 0 Å². The molecule has 0 aromatic carbocycles. The average Bonchev–Trinajstić information content (AvgIpc) is 3.04. The molecule has 19 heavy (non-hydrogen) atoms. The summed E-state index contributed by atoms with van der Waals surface area (Å²) in [6, 6.07) is 0. The predicted octanol–water partition coefficient (Wildman–Crippen LogP) is 2.61. The largest absolute Gasteiger partial charge is 0.407 e. The summed E-state index contributed by atoms with van der Waals surface area (Å²) < 4.78 is 12.2. The Morgan fingerprint density at radius 2 is 1.95 bits per heavy atom. The van der Waals surface area contributed by atoms with E-state index >= 15 is 0 Å². The van der Waals surface area contributed by atoms with Gasteiger partial charge >= 0.3 is 0 Å². The second-order valence-corrected chi connectivity index (χ2v) is 12.4. The Morgan fingerprint density at radius 3 is 2.42 bits per heavy atom. The predicted molar refractivity (Wildman–Crippen MR) is 82.8 cm³/mol. The number of fused-ring (bicyclic) bond motifs is 1. The molecule has 0 bridgehead atoms. The first-order valence-electron chi connectivity index (χ1n) is 6.32. The van der Waals surface area contributed by atoms with Crippen molar-refractivity contribution in [1.29, 1.82) is 0 Å². The molecule has 2 aliphatic rings. The SMILES string of the molecule is CC(C)(C)[Si](C)(C)O[C@H]1C(C=O)=C(I)C(=O)[C@@H]2O[C@@H]21. The van der Waals surface area contributed by atoms with E-state index in [4.69, 9.17) is 9.16 Å². The van der Waals surface area contributed by atoms with Gasteiger partial charge in [0.2, 0.25) is 5.78 Å². The maximum atomic E-state index is 11.9. The molecule has 0 saturated carbocycles. The lowest BCUT2D eigenvalue weighted by molar-refractivity contribution is -0.116. The van der Waals surface area contributed by atoms with Gasteiger partial charge in [0.25, 0.3) is 0 Å². The molecule has 6 heteroatoms. The Morgan fingerprint density at radius 1 is 1.37 bits per heavy atom. The van der Waals surface area contributed by atoms with Gasteiger partial charge in [-0.3, -0.25) is 9.59 Å². The van der Waals surface area contributed by atoms with Crippen molar-refractivity contribution >= 4 is 43.0 Å². The minimum atomic E-state index is -2.00. The Balaban J connectivity index is 2.30. The maximum absolute atomic E-state index is 11.9. The molecule has 0 N–H and O–H groups in total. The Hall–Kier alpha value is -0.0531. The number of hydrogen-bond acceptors (Lipinski definition) is 4. The van der Waals surface area contributed by atoms with Crippen LogP contribution < -0.4 is 0 Å². The van der Waals surface area contributed by atoms with E-state index in [1.807, 2.05) is 22.6 Å². The molecular weight excluding hydrogens is 375 g/mol. The highest BCUT2D eigenvalue weighted by Crippen LogP contribution is 2.45. The highest BCUT2D eigenvalue weighted by atomic mass is 127. The summed E-state index contributed by atoms with van der Waals surface area (Å²) in [6.07, 6.45) is -0.297. The minimum Gasteiger partial charge on any atom is -0.407 e. The number of ether oxygens (including phenoxy) is 1. The molecule has 1 aliphatic heterocycles. The first-order chi connectivity index (χ1) is 8.60. The maximum Gasteiger partial charge on any atom is 0.200 e. The van der Waals surface area contributed by atoms with Crippen molar-refractivity contribution in [1.82, 2.24) is 0 Å². The zero-order valence-electron chi connectivity index (χ0n) is 11.8. The van der Waals surface area contributed by atoms with Gasteiger partial charge in [0.05, 0.1) is 3.58 Å². The fourth-order valence-corrected chi connectivity index (χ4v) is 3.87. The topological polar surface area (TPSA) is 55.9 Å². The standard InChI is InChI=1S/C13H19IO4Si/c1-13(2,3)19(4,5)18-10-7(6-15)8(14)9(16)11-12(10)17-11/h6,10-12H,1-5H3/t10-,11-,12+/m0/s1. The number of halogens is 1. The lowest BCUT2D eigenvalue weighted by atomic mass is 9.97. The lowest BCUT2D eigenvalue weighted by Crippen LogP contribution is -2.47. The van der Waals surface area contributed by atoms with Crippen LogP contribution in [0.25, 0.3) is 0 Å². The van der Waals surface area contributed by atoms with Crippen LogP contribution in [0.1, 0.15) is 20.8 Å². The van der Waals surface area contributed by atoms with E-state index in [9.17, 15) is 9.59 Å². The molecule has 0 spiro atoms. The third kappa shape index (κ3) is 2.59. The van der Waals surface area contributed by atoms with Crippen LogP contribution in [0.15, 0.2) is 9.15 Å². The summed E-state index contributed by atoms with van der Waals surface area (Å²) in [5.41, 5.74) is 0.453. The van der Waals surface area contributed by atoms with Crippen LogP contribution in [0, 0.1) is 0 Å². The second-order valence-electron chi connectivity index (χ2n) is 6.57. The van der Waals surface area contributed by atoms with Crippen LogP contribution in [-0.4, -0.2) is 38.7 Å². The van der Waals surface area contributed by atoms with Gasteiger partial charge in [-0.1, -0.05) is 20.8 Å². The summed E-state index contributed by atoms with van der Waals surface area (Å²) in [7, 11) is -2.00. The molecule has 106 valence electrons. The van der Waals surface area contributed by atoms with E-state index in [1.54, 1.807) is 0 Å². The zero-order valence-corrected chi connectivity index (χ0v) is 15.0. The molecule has 0 unspecified atom stereocenters. The first-order valence-corrected chi connectivity index (χ1v) is 10.3. The third-order valence-corrected chi connectivity index (χ3v) is 9.82. The summed E-state index contributed by atoms with van der Waals surface area (Å²) in [4.78, 5) is 23.1. The van der Waals surface area contributed by atoms with E-state index in [0.29, 0.717) is 9.15 Å². The number of hydrogen-bond donors (Lipinski definition) is 0. The lowest BCUT2D eigenvalue weighted by Gasteiger charge is -2.39. The van der Waals surface area contributed by atoms with Crippen molar-refractivity contribution < 1.29 is 18.8 Å². The van der Waals surface area contributed by atoms with E-state index in [0.717, 1.165) is 6.29 Å². The number of aldehydes is 1. The summed E-state index contributed by atoms with van der Waals surface area (Å²) in [5.74, 6) is -0.0808. The third-order valence-electron chi connectivity index (χ3n) is 4.21. The van der Waals surface area contributed by atoms with Crippen molar-refractivity contribution in [2.75, 3.05) is 0 Å². The van der Waals surface area contributed by atoms with E-state index in [-0.39, 0.29) is 23.0 Å². The Labute approximate surface area is 128 Å². The van der Waals surface area contributed by atoms with E-state index in [2.05, 4.69) is 33.9 Å². The molecule has 0 aromatic heterocycles. The molecule has 0 amide bonds. The van der Waals surface area contributed by atoms with Crippen LogP contribution in [-0.2, 0) is 18.8 Å². The van der Waals surface area contributed by atoms with Crippen LogP contribution in [0.4, 0.5) is 0 Å². The monoisotopic (exact) mass is 394 g/mol. The minimum absolute atomic E-state index is 0.0538. The van der Waals surface area contributed by atoms with Crippen molar-refractivity contribution in [2.45, 2.75) is 57.2 Å². The smallest absolute Gasteiger partial charge is 0.200 e. The van der Waals surface area contributed by atoms with Gasteiger partial charge in [-0.15, -0.1) is 0 Å². The molecule has 1 heterocycles. The number of rotatable bonds is 3. The quantitative estimate of drug-likeness (QED) is 0.320. The van der Waals surface area contributed by atoms with Gasteiger partial charge in [-0.2, -0.15) is 0 Å². The Kier molecular flexibility index (Phi) is 3.83. The molecule has 3 atom stereocenters.